The van der Waals surface area contributed by atoms with Gasteiger partial charge in [-0.3, -0.25) is 4.79 Å². The first-order valence-electron chi connectivity index (χ1n) is 7.73. The fourth-order valence-corrected chi connectivity index (χ4v) is 3.38. The van der Waals surface area contributed by atoms with Gasteiger partial charge in [0.15, 0.2) is 0 Å². The van der Waals surface area contributed by atoms with E-state index >= 15 is 0 Å². The number of amides is 1. The normalized spacial score (nSPS) is 21.6. The second-order valence-corrected chi connectivity index (χ2v) is 7.09. The number of piperidine rings is 1. The Balaban J connectivity index is 2.10. The van der Waals surface area contributed by atoms with Crippen LogP contribution in [-0.4, -0.2) is 40.2 Å². The maximum absolute atomic E-state index is 12.6. The largest absolute Gasteiger partial charge is 0.480 e. The zero-order chi connectivity index (χ0) is 16.1. The summed E-state index contributed by atoms with van der Waals surface area (Å²) in [7, 11) is 0. The molecule has 1 fully saturated rings. The summed E-state index contributed by atoms with van der Waals surface area (Å²) in [6.07, 6.45) is 1.40. The number of carbonyl (C=O) groups excluding carboxylic acids is 1. The minimum Gasteiger partial charge on any atom is -0.480 e. The Bertz CT molecular complexity index is 529. The van der Waals surface area contributed by atoms with Gasteiger partial charge in [-0.2, -0.15) is 11.8 Å². The van der Waals surface area contributed by atoms with Gasteiger partial charge in [-0.1, -0.05) is 26.0 Å². The van der Waals surface area contributed by atoms with Gasteiger partial charge >= 0.3 is 5.97 Å². The van der Waals surface area contributed by atoms with Gasteiger partial charge < -0.3 is 10.0 Å². The molecular formula is C17H23NO3S. The molecule has 2 unspecified atom stereocenters. The average Bonchev–Trinajstić information content (AvgIpc) is 2.52. The Labute approximate surface area is 135 Å². The lowest BCUT2D eigenvalue weighted by atomic mass is 9.92. The van der Waals surface area contributed by atoms with Crippen LogP contribution in [0.3, 0.4) is 0 Å². The van der Waals surface area contributed by atoms with E-state index in [1.54, 1.807) is 0 Å². The number of carboxylic acid groups (broad SMARTS) is 1. The summed E-state index contributed by atoms with van der Waals surface area (Å²) in [6, 6.07) is 6.83. The molecule has 0 radical (unpaired) electrons. The number of thioether (sulfide) groups is 1. The standard InChI is InChI=1S/C17H23NO3S/c1-3-22-11-13-4-6-14(7-5-13)16(19)18-9-8-12(2)10-15(18)17(20)21/h4-7,12,15H,3,8-11H2,1-2H3,(H,20,21). The van der Waals surface area contributed by atoms with E-state index < -0.39 is 12.0 Å². The SMILES string of the molecule is CCSCc1ccc(C(=O)N2CCC(C)CC2C(=O)O)cc1. The molecule has 1 N–H and O–H groups in total. The van der Waals surface area contributed by atoms with Gasteiger partial charge in [0.2, 0.25) is 0 Å². The molecule has 1 heterocycles. The molecule has 1 aromatic rings. The molecule has 1 aliphatic heterocycles. The highest BCUT2D eigenvalue weighted by Gasteiger charge is 2.35. The van der Waals surface area contributed by atoms with E-state index in [2.05, 4.69) is 6.92 Å². The van der Waals surface area contributed by atoms with Crippen LogP contribution in [-0.2, 0) is 10.5 Å². The highest BCUT2D eigenvalue weighted by atomic mass is 32.2. The highest BCUT2D eigenvalue weighted by Crippen LogP contribution is 2.24. The molecular weight excluding hydrogens is 298 g/mol. The Morgan fingerprint density at radius 3 is 2.59 bits per heavy atom. The summed E-state index contributed by atoms with van der Waals surface area (Å²) in [5.74, 6) is 1.26. The number of hydrogen-bond donors (Lipinski definition) is 1. The monoisotopic (exact) mass is 321 g/mol. The van der Waals surface area contributed by atoms with Crippen LogP contribution in [0.2, 0.25) is 0 Å². The van der Waals surface area contributed by atoms with Crippen LogP contribution in [0, 0.1) is 5.92 Å². The molecule has 1 amide bonds. The van der Waals surface area contributed by atoms with Gasteiger partial charge in [0, 0.05) is 17.9 Å². The summed E-state index contributed by atoms with van der Waals surface area (Å²) in [6.45, 7) is 4.67. The third kappa shape index (κ3) is 4.03. The van der Waals surface area contributed by atoms with E-state index in [1.807, 2.05) is 43.0 Å². The van der Waals surface area contributed by atoms with Crippen molar-refractivity contribution in [2.75, 3.05) is 12.3 Å². The molecule has 2 atom stereocenters. The number of likely N-dealkylation sites (tertiary alicyclic amines) is 1. The number of nitrogens with zero attached hydrogens (tertiary/aromatic N) is 1. The van der Waals surface area contributed by atoms with Crippen molar-refractivity contribution >= 4 is 23.6 Å². The summed E-state index contributed by atoms with van der Waals surface area (Å²) < 4.78 is 0. The minimum absolute atomic E-state index is 0.172. The zero-order valence-electron chi connectivity index (χ0n) is 13.1. The predicted octanol–water partition coefficient (Wildman–Crippen LogP) is 3.27. The average molecular weight is 321 g/mol. The quantitative estimate of drug-likeness (QED) is 0.904. The van der Waals surface area contributed by atoms with E-state index in [1.165, 1.54) is 10.5 Å². The molecule has 4 nitrogen and oxygen atoms in total. The molecule has 1 saturated heterocycles. The highest BCUT2D eigenvalue weighted by molar-refractivity contribution is 7.98. The smallest absolute Gasteiger partial charge is 0.326 e. The van der Waals surface area contributed by atoms with E-state index in [4.69, 9.17) is 0 Å². The van der Waals surface area contributed by atoms with Gasteiger partial charge in [-0.05, 0) is 42.2 Å². The molecule has 5 heteroatoms. The Morgan fingerprint density at radius 1 is 1.32 bits per heavy atom. The molecule has 0 aliphatic carbocycles. The Kier molecular flexibility index (Phi) is 5.89. The van der Waals surface area contributed by atoms with E-state index in [-0.39, 0.29) is 5.91 Å². The van der Waals surface area contributed by atoms with E-state index in [9.17, 15) is 14.7 Å². The molecule has 1 aliphatic rings. The van der Waals surface area contributed by atoms with Gasteiger partial charge in [-0.15, -0.1) is 0 Å². The van der Waals surface area contributed by atoms with Crippen LogP contribution in [0.25, 0.3) is 0 Å². The van der Waals surface area contributed by atoms with Gasteiger partial charge in [0.05, 0.1) is 0 Å². The molecule has 0 saturated carbocycles. The third-order valence-electron chi connectivity index (χ3n) is 4.08. The molecule has 22 heavy (non-hydrogen) atoms. The van der Waals surface area contributed by atoms with E-state index in [0.29, 0.717) is 24.4 Å². The number of rotatable bonds is 5. The fraction of sp³-hybridized carbons (Fsp3) is 0.529. The molecule has 1 aromatic carbocycles. The third-order valence-corrected chi connectivity index (χ3v) is 5.03. The number of carbonyl (C=O) groups is 2. The van der Waals surface area contributed by atoms with Crippen molar-refractivity contribution < 1.29 is 14.7 Å². The van der Waals surface area contributed by atoms with Crippen molar-refractivity contribution in [1.82, 2.24) is 4.90 Å². The predicted molar refractivity (Wildman–Crippen MR) is 89.1 cm³/mol. The topological polar surface area (TPSA) is 57.6 Å². The van der Waals surface area contributed by atoms with Crippen molar-refractivity contribution in [1.29, 1.82) is 0 Å². The number of carboxylic acids is 1. The van der Waals surface area contributed by atoms with Crippen molar-refractivity contribution in [3.63, 3.8) is 0 Å². The summed E-state index contributed by atoms with van der Waals surface area (Å²) in [4.78, 5) is 25.5. The van der Waals surface area contributed by atoms with Crippen LogP contribution >= 0.6 is 11.8 Å². The first kappa shape index (κ1) is 16.9. The maximum Gasteiger partial charge on any atom is 0.326 e. The van der Waals surface area contributed by atoms with Crippen molar-refractivity contribution in [2.45, 2.75) is 38.5 Å². The Morgan fingerprint density at radius 2 is 2.00 bits per heavy atom. The number of hydrogen-bond acceptors (Lipinski definition) is 3. The lowest BCUT2D eigenvalue weighted by Gasteiger charge is -2.36. The molecule has 120 valence electrons. The van der Waals surface area contributed by atoms with Crippen molar-refractivity contribution in [2.24, 2.45) is 5.92 Å². The summed E-state index contributed by atoms with van der Waals surface area (Å²) in [5.41, 5.74) is 1.76. The maximum atomic E-state index is 12.6. The van der Waals surface area contributed by atoms with E-state index in [0.717, 1.165) is 17.9 Å². The second-order valence-electron chi connectivity index (χ2n) is 5.82. The lowest BCUT2D eigenvalue weighted by Crippen LogP contribution is -2.49. The van der Waals surface area contributed by atoms with Crippen molar-refractivity contribution in [3.8, 4) is 0 Å². The van der Waals surface area contributed by atoms with Crippen LogP contribution in [0.15, 0.2) is 24.3 Å². The fourth-order valence-electron chi connectivity index (χ4n) is 2.75. The zero-order valence-corrected chi connectivity index (χ0v) is 13.9. The number of benzene rings is 1. The first-order valence-corrected chi connectivity index (χ1v) is 8.88. The summed E-state index contributed by atoms with van der Waals surface area (Å²) >= 11 is 1.83. The second kappa shape index (κ2) is 7.68. The van der Waals surface area contributed by atoms with Crippen LogP contribution < -0.4 is 0 Å². The summed E-state index contributed by atoms with van der Waals surface area (Å²) in [5, 5.41) is 9.37. The lowest BCUT2D eigenvalue weighted by molar-refractivity contribution is -0.144. The first-order chi connectivity index (χ1) is 10.5. The van der Waals surface area contributed by atoms with Gasteiger partial charge in [0.1, 0.15) is 6.04 Å². The number of aliphatic carboxylic acids is 1. The minimum atomic E-state index is -0.907. The molecule has 0 aromatic heterocycles. The molecule has 0 spiro atoms. The van der Waals surface area contributed by atoms with Crippen LogP contribution in [0.4, 0.5) is 0 Å². The molecule has 2 rings (SSSR count). The Hall–Kier alpha value is -1.49. The van der Waals surface area contributed by atoms with Crippen LogP contribution in [0.5, 0.6) is 0 Å². The molecule has 0 bridgehead atoms. The van der Waals surface area contributed by atoms with Crippen molar-refractivity contribution in [3.05, 3.63) is 35.4 Å². The van der Waals surface area contributed by atoms with Gasteiger partial charge in [-0.25, -0.2) is 4.79 Å². The van der Waals surface area contributed by atoms with Crippen LogP contribution in [0.1, 0.15) is 42.6 Å². The van der Waals surface area contributed by atoms with Gasteiger partial charge in [0.25, 0.3) is 5.91 Å².